The second-order valence-corrected chi connectivity index (χ2v) is 16.2. The van der Waals surface area contributed by atoms with Crippen LogP contribution < -0.4 is 15.9 Å². The molecule has 0 saturated carbocycles. The molecule has 1 aliphatic heterocycles. The van der Waals surface area contributed by atoms with Gasteiger partial charge in [-0.05, 0) is 53.7 Å². The number of anilines is 2. The summed E-state index contributed by atoms with van der Waals surface area (Å²) in [7, 11) is -1.88. The van der Waals surface area contributed by atoms with E-state index in [1.807, 2.05) is 24.3 Å². The van der Waals surface area contributed by atoms with Crippen molar-refractivity contribution in [3.8, 4) is 5.88 Å². The molecular weight excluding hydrogens is 507 g/mol. The predicted octanol–water partition coefficient (Wildman–Crippen LogP) is 6.41. The summed E-state index contributed by atoms with van der Waals surface area (Å²) in [6, 6.07) is 11.0. The second kappa shape index (κ2) is 9.43. The molecule has 3 aromatic rings. The first-order valence-corrected chi connectivity index (χ1v) is 15.2. The number of fused-ring (bicyclic) bond motifs is 1. The van der Waals surface area contributed by atoms with Gasteiger partial charge in [0.15, 0.2) is 19.3 Å². The summed E-state index contributed by atoms with van der Waals surface area (Å²) in [4.78, 5) is 14.1. The van der Waals surface area contributed by atoms with Crippen molar-refractivity contribution in [1.82, 2.24) is 4.98 Å². The van der Waals surface area contributed by atoms with Gasteiger partial charge in [0.1, 0.15) is 0 Å². The van der Waals surface area contributed by atoms with Crippen LogP contribution in [0.2, 0.25) is 28.2 Å². The Labute approximate surface area is 213 Å². The highest BCUT2D eigenvalue weighted by atomic mass is 35.5. The minimum absolute atomic E-state index is 0.0761. The molecule has 0 unspecified atom stereocenters. The predicted molar refractivity (Wildman–Crippen MR) is 145 cm³/mol. The number of hydrogen-bond donors (Lipinski definition) is 2. The van der Waals surface area contributed by atoms with Gasteiger partial charge in [0, 0.05) is 0 Å². The fourth-order valence-electron chi connectivity index (χ4n) is 2.99. The van der Waals surface area contributed by atoms with E-state index in [0.29, 0.717) is 38.2 Å². The van der Waals surface area contributed by atoms with Crippen LogP contribution in [0.1, 0.15) is 25.6 Å². The highest BCUT2D eigenvalue weighted by Crippen LogP contribution is 2.37. The number of thiazole rings is 1. The zero-order chi connectivity index (χ0) is 24.7. The molecule has 10 heteroatoms. The maximum absolute atomic E-state index is 10.4. The third-order valence-electron chi connectivity index (χ3n) is 5.99. The summed E-state index contributed by atoms with van der Waals surface area (Å²) in [5.74, 6) is 0.605. The van der Waals surface area contributed by atoms with Gasteiger partial charge in [0.05, 0.1) is 38.3 Å². The van der Waals surface area contributed by atoms with Gasteiger partial charge in [0.2, 0.25) is 5.88 Å². The van der Waals surface area contributed by atoms with Gasteiger partial charge in [-0.2, -0.15) is 4.98 Å². The largest absolute Gasteiger partial charge is 0.492 e. The molecule has 0 fully saturated rings. The summed E-state index contributed by atoms with van der Waals surface area (Å²) in [5.41, 5.74) is 1.33. The van der Waals surface area contributed by atoms with Gasteiger partial charge in [-0.25, -0.2) is 9.98 Å². The first-order chi connectivity index (χ1) is 15.9. The Morgan fingerprint density at radius 2 is 1.82 bits per heavy atom. The molecule has 2 heterocycles. The lowest BCUT2D eigenvalue weighted by Gasteiger charge is -2.35. The van der Waals surface area contributed by atoms with E-state index in [4.69, 9.17) is 27.6 Å². The average molecular weight is 534 g/mol. The molecule has 1 aromatic heterocycles. The van der Waals surface area contributed by atoms with E-state index < -0.39 is 8.32 Å². The van der Waals surface area contributed by atoms with Gasteiger partial charge in [-0.3, -0.25) is 0 Å². The van der Waals surface area contributed by atoms with E-state index in [1.165, 1.54) is 11.3 Å². The molecule has 0 amide bonds. The van der Waals surface area contributed by atoms with Gasteiger partial charge < -0.3 is 14.8 Å². The van der Waals surface area contributed by atoms with Crippen LogP contribution in [0.3, 0.4) is 0 Å². The molecule has 34 heavy (non-hydrogen) atoms. The number of nitrogens with zero attached hydrogens (tertiary/aromatic N) is 3. The van der Waals surface area contributed by atoms with Crippen molar-refractivity contribution in [2.24, 2.45) is 9.98 Å². The number of benzene rings is 2. The van der Waals surface area contributed by atoms with Gasteiger partial charge >= 0.3 is 0 Å². The van der Waals surface area contributed by atoms with Crippen LogP contribution >= 0.6 is 34.5 Å². The molecule has 0 aliphatic carbocycles. The monoisotopic (exact) mass is 532 g/mol. The number of halogens is 2. The van der Waals surface area contributed by atoms with Crippen LogP contribution in [0, 0.1) is 0 Å². The lowest BCUT2D eigenvalue weighted by atomic mass is 10.2. The van der Waals surface area contributed by atoms with E-state index in [9.17, 15) is 5.11 Å². The van der Waals surface area contributed by atoms with Crippen molar-refractivity contribution in [2.75, 3.05) is 11.9 Å². The Bertz CT molecular complexity index is 1380. The molecule has 0 saturated heterocycles. The van der Waals surface area contributed by atoms with Gasteiger partial charge in [0.25, 0.3) is 0 Å². The van der Waals surface area contributed by atoms with Crippen LogP contribution in [0.4, 0.5) is 16.5 Å². The molecule has 0 spiro atoms. The third-order valence-corrected chi connectivity index (χ3v) is 12.0. The lowest BCUT2D eigenvalue weighted by Crippen LogP contribution is -2.41. The smallest absolute Gasteiger partial charge is 0.231 e. The fraction of sp³-hybridized carbons (Fsp3) is 0.292. The number of rotatable bonds is 6. The quantitative estimate of drug-likeness (QED) is 0.359. The third kappa shape index (κ3) is 5.36. The molecule has 2 N–H and O–H groups in total. The summed E-state index contributed by atoms with van der Waals surface area (Å²) < 4.78 is 6.26. The number of aromatic nitrogens is 1. The average Bonchev–Trinajstić information content (AvgIpc) is 3.31. The van der Waals surface area contributed by atoms with Crippen molar-refractivity contribution < 1.29 is 9.53 Å². The lowest BCUT2D eigenvalue weighted by molar-refractivity contribution is 0.339. The minimum Gasteiger partial charge on any atom is -0.492 e. The normalized spacial score (nSPS) is 14.1. The van der Waals surface area contributed by atoms with Crippen LogP contribution in [0.5, 0.6) is 5.88 Å². The molecule has 178 valence electrons. The van der Waals surface area contributed by atoms with Crippen LogP contribution in [-0.4, -0.2) is 30.9 Å². The molecular formula is C24H26Cl2N4O2SSi. The molecule has 0 atom stereocenters. The number of hydrogen-bond acceptors (Lipinski definition) is 7. The Balaban J connectivity index is 1.54. The topological polar surface area (TPSA) is 79.1 Å². The summed E-state index contributed by atoms with van der Waals surface area (Å²) in [6.07, 6.45) is 1.85. The Morgan fingerprint density at radius 3 is 2.50 bits per heavy atom. The highest BCUT2D eigenvalue weighted by molar-refractivity contribution is 7.16. The highest BCUT2D eigenvalue weighted by Gasteiger charge is 2.37. The van der Waals surface area contributed by atoms with Crippen LogP contribution in [-0.2, 0) is 4.43 Å². The summed E-state index contributed by atoms with van der Waals surface area (Å²) in [6.45, 7) is 11.5. The zero-order valence-corrected chi connectivity index (χ0v) is 22.9. The van der Waals surface area contributed by atoms with Crippen molar-refractivity contribution in [3.05, 3.63) is 61.9 Å². The molecule has 2 aromatic carbocycles. The molecule has 4 rings (SSSR count). The second-order valence-electron chi connectivity index (χ2n) is 9.51. The van der Waals surface area contributed by atoms with E-state index in [-0.39, 0.29) is 10.9 Å². The Morgan fingerprint density at radius 1 is 1.12 bits per heavy atom. The minimum atomic E-state index is -1.88. The van der Waals surface area contributed by atoms with Crippen LogP contribution in [0.25, 0.3) is 6.08 Å². The van der Waals surface area contributed by atoms with Crippen molar-refractivity contribution in [3.63, 3.8) is 0 Å². The Hall–Kier alpha value is -2.23. The van der Waals surface area contributed by atoms with Crippen LogP contribution in [0.15, 0.2) is 46.4 Å². The molecule has 0 bridgehead atoms. The van der Waals surface area contributed by atoms with Crippen molar-refractivity contribution in [1.29, 1.82) is 0 Å². The number of amidine groups is 1. The van der Waals surface area contributed by atoms with Gasteiger partial charge in [-0.1, -0.05) is 67.4 Å². The number of nitrogens with one attached hydrogen (secondary N) is 1. The zero-order valence-electron chi connectivity index (χ0n) is 19.6. The standard InChI is InChI=1S/C24H26Cl2N4O2SSi/c1-24(2,3)34(4,5)32-13-20-27-17-10-9-14(11-18(17)28-20)12-19-22(31)30-23(33-19)29-21-15(25)7-6-8-16(21)26/h6-12,31H,13H2,1-5H3,(H,29,30). The summed E-state index contributed by atoms with van der Waals surface area (Å²) in [5, 5.41) is 16.7. The molecule has 0 radical (unpaired) electrons. The van der Waals surface area contributed by atoms with Crippen molar-refractivity contribution in [2.45, 2.75) is 38.9 Å². The van der Waals surface area contributed by atoms with E-state index >= 15 is 0 Å². The maximum Gasteiger partial charge on any atom is 0.231 e. The fourth-order valence-corrected chi connectivity index (χ4v) is 5.23. The molecule has 6 nitrogen and oxygen atoms in total. The number of aliphatic imine (C=N–C) groups is 1. The SMILES string of the molecule is CC(C)(C)[Si](C)(C)OCC1=Nc2cc(=Cc3sc(Nc4c(Cl)cccc4Cl)nc3O)ccc2=N1. The Kier molecular flexibility index (Phi) is 6.90. The summed E-state index contributed by atoms with van der Waals surface area (Å²) >= 11 is 13.7. The number of aromatic hydroxyl groups is 1. The van der Waals surface area contributed by atoms with Gasteiger partial charge in [-0.15, -0.1) is 0 Å². The van der Waals surface area contributed by atoms with E-state index in [2.05, 4.69) is 54.2 Å². The molecule has 1 aliphatic rings. The van der Waals surface area contributed by atoms with Crippen molar-refractivity contribution >= 4 is 71.3 Å². The van der Waals surface area contributed by atoms with E-state index in [1.54, 1.807) is 18.2 Å². The number of para-hydroxylation sites is 1. The maximum atomic E-state index is 10.4. The first kappa shape index (κ1) is 24.9. The van der Waals surface area contributed by atoms with E-state index in [0.717, 1.165) is 16.3 Å². The first-order valence-electron chi connectivity index (χ1n) is 10.8.